The van der Waals surface area contributed by atoms with Gasteiger partial charge in [0.05, 0.1) is 12.1 Å². The third-order valence-corrected chi connectivity index (χ3v) is 5.87. The number of halogens is 4. The van der Waals surface area contributed by atoms with Crippen molar-refractivity contribution in [1.29, 1.82) is 0 Å². The Labute approximate surface area is 188 Å². The van der Waals surface area contributed by atoms with Gasteiger partial charge in [-0.1, -0.05) is 6.07 Å². The second-order valence-electron chi connectivity index (χ2n) is 8.09. The number of pyridine rings is 1. The van der Waals surface area contributed by atoms with E-state index < -0.39 is 23.7 Å². The third-order valence-electron chi connectivity index (χ3n) is 5.87. The Morgan fingerprint density at radius 3 is 2.71 bits per heavy atom. The first-order chi connectivity index (χ1) is 16.2. The van der Waals surface area contributed by atoms with Crippen LogP contribution in [0.15, 0.2) is 59.2 Å². The number of hydrogen-bond donors (Lipinski definition) is 0. The first-order valence-corrected chi connectivity index (χ1v) is 10.1. The molecule has 1 atom stereocenters. The number of fused-ring (bicyclic) bond motifs is 2. The van der Waals surface area contributed by atoms with Crippen molar-refractivity contribution in [3.05, 3.63) is 76.2 Å². The standard InChI is InChI=1S/C22H14F4N4O4/c23-15-5-12(1-2-16(15)33-14-3-4-27-17(6-14)34-22(24,25)26)10-32-18-7-19-29(20(31)28-18)11-21-8-13(21)9-30(19)21/h1-7,9H,8,10-11H2. The number of hydrogen-bond acceptors (Lipinski definition) is 7. The fourth-order valence-corrected chi connectivity index (χ4v) is 4.20. The summed E-state index contributed by atoms with van der Waals surface area (Å²) in [6.07, 6.45) is -0.901. The van der Waals surface area contributed by atoms with E-state index in [9.17, 15) is 22.4 Å². The molecule has 1 unspecified atom stereocenters. The fraction of sp³-hybridized carbons (Fsp3) is 0.227. The molecule has 0 radical (unpaired) electrons. The second kappa shape index (κ2) is 6.95. The second-order valence-corrected chi connectivity index (χ2v) is 8.09. The van der Waals surface area contributed by atoms with Crippen LogP contribution in [0.3, 0.4) is 0 Å². The van der Waals surface area contributed by atoms with Gasteiger partial charge in [0.1, 0.15) is 18.2 Å². The minimum atomic E-state index is -4.91. The molecule has 0 bridgehead atoms. The number of ether oxygens (including phenoxy) is 3. The molecule has 1 aromatic carbocycles. The molecule has 3 aromatic rings. The molecule has 1 aliphatic carbocycles. The molecule has 0 amide bonds. The summed E-state index contributed by atoms with van der Waals surface area (Å²) in [4.78, 5) is 21.8. The van der Waals surface area contributed by atoms with Crippen LogP contribution in [0.2, 0.25) is 0 Å². The summed E-state index contributed by atoms with van der Waals surface area (Å²) in [5.41, 5.74) is 1.32. The lowest BCUT2D eigenvalue weighted by Crippen LogP contribution is -2.35. The van der Waals surface area contributed by atoms with Crippen molar-refractivity contribution in [2.24, 2.45) is 0 Å². The molecule has 8 nitrogen and oxygen atoms in total. The third kappa shape index (κ3) is 3.42. The van der Waals surface area contributed by atoms with Crippen LogP contribution in [0.1, 0.15) is 12.0 Å². The maximum Gasteiger partial charge on any atom is 0.574 e. The first kappa shape index (κ1) is 20.5. The van der Waals surface area contributed by atoms with E-state index in [1.165, 1.54) is 23.8 Å². The minimum absolute atomic E-state index is 0.0418. The minimum Gasteiger partial charge on any atom is -0.473 e. The highest BCUT2D eigenvalue weighted by Crippen LogP contribution is 2.61. The van der Waals surface area contributed by atoms with E-state index in [0.29, 0.717) is 12.1 Å². The summed E-state index contributed by atoms with van der Waals surface area (Å²) in [7, 11) is 0. The predicted molar refractivity (Wildman–Crippen MR) is 108 cm³/mol. The van der Waals surface area contributed by atoms with Crippen molar-refractivity contribution < 1.29 is 31.8 Å². The quantitative estimate of drug-likeness (QED) is 0.502. The van der Waals surface area contributed by atoms with Crippen LogP contribution in [0.5, 0.6) is 23.3 Å². The normalized spacial score (nSPS) is 19.4. The van der Waals surface area contributed by atoms with E-state index in [-0.39, 0.29) is 29.5 Å². The van der Waals surface area contributed by atoms with Gasteiger partial charge in [0, 0.05) is 31.0 Å². The summed E-state index contributed by atoms with van der Waals surface area (Å²) < 4.78 is 67.8. The van der Waals surface area contributed by atoms with Crippen molar-refractivity contribution >= 4 is 5.82 Å². The number of nitrogens with zero attached hydrogens (tertiary/aromatic N) is 4. The summed E-state index contributed by atoms with van der Waals surface area (Å²) in [5, 5.41) is 0. The maximum absolute atomic E-state index is 14.5. The molecule has 0 N–H and O–H groups in total. The zero-order valence-corrected chi connectivity index (χ0v) is 17.2. The molecule has 0 saturated heterocycles. The van der Waals surface area contributed by atoms with Crippen LogP contribution < -0.4 is 24.8 Å². The highest BCUT2D eigenvalue weighted by Gasteiger charge is 2.64. The van der Waals surface area contributed by atoms with E-state index >= 15 is 0 Å². The zero-order chi connectivity index (χ0) is 23.7. The Morgan fingerprint density at radius 2 is 1.97 bits per heavy atom. The molecule has 3 aliphatic rings. The van der Waals surface area contributed by atoms with Gasteiger partial charge in [0.2, 0.25) is 11.8 Å². The monoisotopic (exact) mass is 474 g/mol. The fourth-order valence-electron chi connectivity index (χ4n) is 4.20. The molecular formula is C22H14F4N4O4. The van der Waals surface area contributed by atoms with Gasteiger partial charge in [0.15, 0.2) is 11.6 Å². The molecule has 1 spiro atoms. The Hall–Kier alpha value is -4.09. The number of anilines is 1. The van der Waals surface area contributed by atoms with E-state index in [1.54, 1.807) is 10.6 Å². The van der Waals surface area contributed by atoms with Crippen LogP contribution in [-0.4, -0.2) is 26.4 Å². The number of rotatable bonds is 6. The van der Waals surface area contributed by atoms with E-state index in [4.69, 9.17) is 9.47 Å². The molecule has 2 aromatic heterocycles. The van der Waals surface area contributed by atoms with Crippen LogP contribution in [-0.2, 0) is 13.2 Å². The number of benzene rings is 1. The Kier molecular flexibility index (Phi) is 4.19. The van der Waals surface area contributed by atoms with Gasteiger partial charge < -0.3 is 19.1 Å². The lowest BCUT2D eigenvalue weighted by molar-refractivity contribution is -0.276. The summed E-state index contributed by atoms with van der Waals surface area (Å²) in [6, 6.07) is 7.83. The van der Waals surface area contributed by atoms with Crippen LogP contribution in [0, 0.1) is 5.82 Å². The molecule has 12 heteroatoms. The average molecular weight is 474 g/mol. The van der Waals surface area contributed by atoms with Gasteiger partial charge in [-0.25, -0.2) is 14.2 Å². The zero-order valence-electron chi connectivity index (χ0n) is 17.2. The molecular weight excluding hydrogens is 460 g/mol. The Balaban J connectivity index is 1.13. The smallest absolute Gasteiger partial charge is 0.473 e. The molecule has 1 fully saturated rings. The number of aromatic nitrogens is 3. The lowest BCUT2D eigenvalue weighted by atomic mass is 10.2. The molecule has 1 saturated carbocycles. The molecule has 6 rings (SSSR count). The molecule has 174 valence electrons. The topological polar surface area (TPSA) is 78.7 Å². The van der Waals surface area contributed by atoms with Gasteiger partial charge >= 0.3 is 12.1 Å². The molecule has 34 heavy (non-hydrogen) atoms. The summed E-state index contributed by atoms with van der Waals surface area (Å²) in [6.45, 7) is 0.534. The maximum atomic E-state index is 14.5. The van der Waals surface area contributed by atoms with Gasteiger partial charge in [0.25, 0.3) is 0 Å². The number of alkyl halides is 3. The summed E-state index contributed by atoms with van der Waals surface area (Å²) >= 11 is 0. The highest BCUT2D eigenvalue weighted by atomic mass is 19.4. The Morgan fingerprint density at radius 1 is 1.12 bits per heavy atom. The predicted octanol–water partition coefficient (Wildman–Crippen LogP) is 3.91. The van der Waals surface area contributed by atoms with Crippen LogP contribution in [0.4, 0.5) is 23.4 Å². The van der Waals surface area contributed by atoms with E-state index in [0.717, 1.165) is 30.6 Å². The van der Waals surface area contributed by atoms with Gasteiger partial charge in [-0.2, -0.15) is 4.98 Å². The SMILES string of the molecule is O=c1nc(OCc2ccc(Oc3ccnc(OC(F)(F)F)c3)c(F)c2)cc2n1CC13CC1=CN23. The van der Waals surface area contributed by atoms with E-state index in [2.05, 4.69) is 14.7 Å². The average Bonchev–Trinajstić information content (AvgIpc) is 3.20. The van der Waals surface area contributed by atoms with Crippen molar-refractivity contribution in [2.75, 3.05) is 4.90 Å². The summed E-state index contributed by atoms with van der Waals surface area (Å²) in [5.74, 6) is -0.936. The van der Waals surface area contributed by atoms with Crippen molar-refractivity contribution in [3.63, 3.8) is 0 Å². The van der Waals surface area contributed by atoms with Crippen LogP contribution >= 0.6 is 0 Å². The van der Waals surface area contributed by atoms with E-state index in [1.807, 2.05) is 11.1 Å². The molecule has 4 heterocycles. The Bertz CT molecular complexity index is 1420. The van der Waals surface area contributed by atoms with Crippen molar-refractivity contribution in [1.82, 2.24) is 14.5 Å². The van der Waals surface area contributed by atoms with Gasteiger partial charge in [-0.15, -0.1) is 13.2 Å². The largest absolute Gasteiger partial charge is 0.574 e. The van der Waals surface area contributed by atoms with Crippen LogP contribution in [0.25, 0.3) is 0 Å². The van der Waals surface area contributed by atoms with Crippen molar-refractivity contribution in [2.45, 2.75) is 31.5 Å². The first-order valence-electron chi connectivity index (χ1n) is 10.1. The molecule has 2 aliphatic heterocycles. The van der Waals surface area contributed by atoms with Crippen molar-refractivity contribution in [3.8, 4) is 23.3 Å². The lowest BCUT2D eigenvalue weighted by Gasteiger charge is -2.27. The van der Waals surface area contributed by atoms with Gasteiger partial charge in [-0.3, -0.25) is 4.57 Å². The highest BCUT2D eigenvalue weighted by molar-refractivity contribution is 5.71. The van der Waals surface area contributed by atoms with Gasteiger partial charge in [-0.05, 0) is 29.3 Å².